The van der Waals surface area contributed by atoms with Crippen molar-refractivity contribution in [3.05, 3.63) is 64.0 Å². The maximum atomic E-state index is 12.3. The van der Waals surface area contributed by atoms with E-state index in [1.165, 1.54) is 0 Å². The topological polar surface area (TPSA) is 104 Å². The molecule has 0 aliphatic heterocycles. The number of anilines is 1. The van der Waals surface area contributed by atoms with Gasteiger partial charge in [-0.2, -0.15) is 0 Å². The molecule has 3 aromatic rings. The lowest BCUT2D eigenvalue weighted by Gasteiger charge is -2.07. The second-order valence-electron chi connectivity index (χ2n) is 7.04. The zero-order valence-corrected chi connectivity index (χ0v) is 20.7. The van der Waals surface area contributed by atoms with Crippen LogP contribution in [-0.2, 0) is 16.0 Å². The molecule has 1 N–H and O–H groups in total. The number of nitrogens with one attached hydrogen (secondary N) is 1. The molecule has 34 heavy (non-hydrogen) atoms. The van der Waals surface area contributed by atoms with Crippen molar-refractivity contribution in [3.8, 4) is 5.75 Å². The Labute approximate surface area is 211 Å². The van der Waals surface area contributed by atoms with Crippen molar-refractivity contribution in [1.29, 1.82) is 0 Å². The van der Waals surface area contributed by atoms with Crippen LogP contribution in [0.15, 0.2) is 52.1 Å². The summed E-state index contributed by atoms with van der Waals surface area (Å²) in [6.07, 6.45) is 1.90. The monoisotopic (exact) mass is 523 g/mol. The van der Waals surface area contributed by atoms with Crippen LogP contribution in [0.25, 0.3) is 0 Å². The number of carbonyl (C=O) groups excluding carboxylic acids is 2. The number of amides is 1. The van der Waals surface area contributed by atoms with E-state index in [1.807, 2.05) is 6.92 Å². The molecule has 1 amide bonds. The van der Waals surface area contributed by atoms with Crippen molar-refractivity contribution < 1.29 is 23.5 Å². The first-order valence-electron chi connectivity index (χ1n) is 10.5. The van der Waals surface area contributed by atoms with Crippen molar-refractivity contribution in [3.63, 3.8) is 0 Å². The summed E-state index contributed by atoms with van der Waals surface area (Å²) in [6, 6.07) is 11.6. The largest absolute Gasteiger partial charge is 0.492 e. The molecule has 0 radical (unpaired) electrons. The fraction of sp³-hybridized carbons (Fsp3) is 0.304. The molecular formula is C23H23Cl2N3O5S. The van der Waals surface area contributed by atoms with Gasteiger partial charge in [-0.1, -0.05) is 48.0 Å². The summed E-state index contributed by atoms with van der Waals surface area (Å²) in [5, 5.41) is 12.0. The summed E-state index contributed by atoms with van der Waals surface area (Å²) in [6.45, 7) is 2.68. The smallest absolute Gasteiger partial charge is 0.338 e. The van der Waals surface area contributed by atoms with E-state index in [1.54, 1.807) is 42.5 Å². The lowest BCUT2D eigenvalue weighted by Crippen LogP contribution is -2.14. The second kappa shape index (κ2) is 13.2. The van der Waals surface area contributed by atoms with E-state index in [4.69, 9.17) is 37.1 Å². The third-order valence-electron chi connectivity index (χ3n) is 4.28. The van der Waals surface area contributed by atoms with Crippen LogP contribution in [0.5, 0.6) is 5.75 Å². The van der Waals surface area contributed by atoms with Crippen molar-refractivity contribution in [2.75, 3.05) is 24.3 Å². The molecule has 0 aliphatic rings. The van der Waals surface area contributed by atoms with Gasteiger partial charge < -0.3 is 19.2 Å². The van der Waals surface area contributed by atoms with Gasteiger partial charge in [0.2, 0.25) is 11.8 Å². The van der Waals surface area contributed by atoms with Gasteiger partial charge in [-0.05, 0) is 49.2 Å². The molecule has 180 valence electrons. The number of hydrogen-bond acceptors (Lipinski definition) is 8. The fourth-order valence-corrected chi connectivity index (χ4v) is 3.77. The molecule has 2 aromatic carbocycles. The Morgan fingerprint density at radius 1 is 1.12 bits per heavy atom. The van der Waals surface area contributed by atoms with Gasteiger partial charge in [0.25, 0.3) is 5.22 Å². The highest BCUT2D eigenvalue weighted by molar-refractivity contribution is 7.99. The number of nitrogens with zero attached hydrogens (tertiary/aromatic N) is 2. The van der Waals surface area contributed by atoms with Gasteiger partial charge in [-0.25, -0.2) is 4.79 Å². The molecule has 0 saturated heterocycles. The number of aromatic nitrogens is 2. The summed E-state index contributed by atoms with van der Waals surface area (Å²) in [4.78, 5) is 24.2. The van der Waals surface area contributed by atoms with Crippen LogP contribution in [-0.4, -0.2) is 41.0 Å². The molecule has 3 rings (SSSR count). The van der Waals surface area contributed by atoms with E-state index in [9.17, 15) is 9.59 Å². The van der Waals surface area contributed by atoms with Crippen LogP contribution >= 0.6 is 35.0 Å². The van der Waals surface area contributed by atoms with Crippen LogP contribution in [0, 0.1) is 0 Å². The summed E-state index contributed by atoms with van der Waals surface area (Å²) in [5.74, 6) is 0.392. The fourth-order valence-electron chi connectivity index (χ4n) is 2.72. The Hall–Kier alpha value is -2.75. The lowest BCUT2D eigenvalue weighted by atomic mass is 10.2. The van der Waals surface area contributed by atoms with E-state index in [0.29, 0.717) is 64.2 Å². The zero-order chi connectivity index (χ0) is 24.3. The molecule has 1 aromatic heterocycles. The average Bonchev–Trinajstić information content (AvgIpc) is 3.28. The maximum absolute atomic E-state index is 12.3. The first kappa shape index (κ1) is 25.9. The number of rotatable bonds is 12. The third kappa shape index (κ3) is 8.23. The number of thioether (sulfide) groups is 1. The molecule has 8 nitrogen and oxygen atoms in total. The lowest BCUT2D eigenvalue weighted by molar-refractivity contribution is -0.113. The number of halogens is 2. The number of carbonyl (C=O) groups is 2. The van der Waals surface area contributed by atoms with Crippen LogP contribution < -0.4 is 10.1 Å². The van der Waals surface area contributed by atoms with E-state index in [0.717, 1.165) is 18.2 Å². The predicted molar refractivity (Wildman–Crippen MR) is 131 cm³/mol. The van der Waals surface area contributed by atoms with Crippen molar-refractivity contribution >= 4 is 52.5 Å². The van der Waals surface area contributed by atoms with Gasteiger partial charge >= 0.3 is 5.97 Å². The summed E-state index contributed by atoms with van der Waals surface area (Å²) in [5.41, 5.74) is 0.881. The third-order valence-corrected chi connectivity index (χ3v) is 5.63. The summed E-state index contributed by atoms with van der Waals surface area (Å²) < 4.78 is 16.3. The number of hydrogen-bond donors (Lipinski definition) is 1. The standard InChI is InChI=1S/C23H23Cl2N3O5S/c1-2-10-32-22(30)15-5-3-6-17(12-15)26-20(29)14-34-23-28-27-21(33-23)7-4-11-31-19-9-8-16(24)13-18(19)25/h3,5-6,8-9,12-13H,2,4,7,10-11,14H2,1H3,(H,26,29). The van der Waals surface area contributed by atoms with E-state index >= 15 is 0 Å². The molecule has 0 saturated carbocycles. The molecule has 0 fully saturated rings. The Morgan fingerprint density at radius 3 is 2.76 bits per heavy atom. The minimum Gasteiger partial charge on any atom is -0.492 e. The molecule has 0 spiro atoms. The molecule has 0 aliphatic carbocycles. The predicted octanol–water partition coefficient (Wildman–Crippen LogP) is 5.69. The number of benzene rings is 2. The van der Waals surface area contributed by atoms with Crippen LogP contribution in [0.1, 0.15) is 36.0 Å². The number of esters is 1. The Kier molecular flexibility index (Phi) is 10.1. The molecule has 11 heteroatoms. The van der Waals surface area contributed by atoms with Crippen molar-refractivity contribution in [1.82, 2.24) is 10.2 Å². The first-order valence-corrected chi connectivity index (χ1v) is 12.3. The van der Waals surface area contributed by atoms with Gasteiger partial charge in [0.15, 0.2) is 0 Å². The minimum absolute atomic E-state index is 0.0737. The van der Waals surface area contributed by atoms with Crippen molar-refractivity contribution in [2.24, 2.45) is 0 Å². The maximum Gasteiger partial charge on any atom is 0.338 e. The van der Waals surface area contributed by atoms with Crippen LogP contribution in [0.3, 0.4) is 0 Å². The number of ether oxygens (including phenoxy) is 2. The average molecular weight is 524 g/mol. The Balaban J connectivity index is 1.39. The van der Waals surface area contributed by atoms with Crippen LogP contribution in [0.2, 0.25) is 10.0 Å². The Bertz CT molecular complexity index is 1130. The molecule has 1 heterocycles. The minimum atomic E-state index is -0.424. The van der Waals surface area contributed by atoms with Gasteiger partial charge in [-0.3, -0.25) is 4.79 Å². The highest BCUT2D eigenvalue weighted by Gasteiger charge is 2.12. The SMILES string of the molecule is CCCOC(=O)c1cccc(NC(=O)CSc2nnc(CCCOc3ccc(Cl)cc3Cl)o2)c1. The van der Waals surface area contributed by atoms with Gasteiger partial charge in [0.05, 0.1) is 29.6 Å². The summed E-state index contributed by atoms with van der Waals surface area (Å²) >= 11 is 13.1. The van der Waals surface area contributed by atoms with Gasteiger partial charge in [0.1, 0.15) is 5.75 Å². The van der Waals surface area contributed by atoms with E-state index in [2.05, 4.69) is 15.5 Å². The van der Waals surface area contributed by atoms with Crippen molar-refractivity contribution in [2.45, 2.75) is 31.4 Å². The first-order chi connectivity index (χ1) is 16.4. The quantitative estimate of drug-likeness (QED) is 0.183. The zero-order valence-electron chi connectivity index (χ0n) is 18.4. The second-order valence-corrected chi connectivity index (χ2v) is 8.81. The van der Waals surface area contributed by atoms with Crippen LogP contribution in [0.4, 0.5) is 5.69 Å². The molecule has 0 bridgehead atoms. The molecule has 0 atom stereocenters. The number of aryl methyl sites for hydroxylation is 1. The molecule has 0 unspecified atom stereocenters. The highest BCUT2D eigenvalue weighted by atomic mass is 35.5. The van der Waals surface area contributed by atoms with Gasteiger partial charge in [0, 0.05) is 17.1 Å². The normalized spacial score (nSPS) is 10.7. The van der Waals surface area contributed by atoms with E-state index in [-0.39, 0.29) is 11.7 Å². The van der Waals surface area contributed by atoms with E-state index < -0.39 is 5.97 Å². The highest BCUT2D eigenvalue weighted by Crippen LogP contribution is 2.27. The van der Waals surface area contributed by atoms with Gasteiger partial charge in [-0.15, -0.1) is 10.2 Å². The Morgan fingerprint density at radius 2 is 1.97 bits per heavy atom. The molecular weight excluding hydrogens is 501 g/mol. The summed E-state index contributed by atoms with van der Waals surface area (Å²) in [7, 11) is 0.